The predicted octanol–water partition coefficient (Wildman–Crippen LogP) is 1.34. The third-order valence-electron chi connectivity index (χ3n) is 7.77. The summed E-state index contributed by atoms with van der Waals surface area (Å²) in [7, 11) is -3.62. The van der Waals surface area contributed by atoms with Crippen molar-refractivity contribution in [2.45, 2.75) is 50.0 Å². The summed E-state index contributed by atoms with van der Waals surface area (Å²) in [5.41, 5.74) is 1.40. The quantitative estimate of drug-likeness (QED) is 0.621. The summed E-state index contributed by atoms with van der Waals surface area (Å²) < 4.78 is 28.0. The Morgan fingerprint density at radius 1 is 0.941 bits per heavy atom. The Morgan fingerprint density at radius 3 is 2.35 bits per heavy atom. The lowest BCUT2D eigenvalue weighted by Gasteiger charge is -2.45. The van der Waals surface area contributed by atoms with Crippen molar-refractivity contribution in [2.75, 3.05) is 68.7 Å². The molecule has 3 fully saturated rings. The van der Waals surface area contributed by atoms with Crippen molar-refractivity contribution in [2.24, 2.45) is 0 Å². The summed E-state index contributed by atoms with van der Waals surface area (Å²) in [5, 5.41) is 0. The minimum Gasteiger partial charge on any atom is -0.358 e. The average molecular weight is 490 g/mol. The number of likely N-dealkylation sites (N-methyl/N-ethyl adjacent to an activating group) is 1. The zero-order chi connectivity index (χ0) is 23.9. The number of benzene rings is 1. The second-order valence-corrected chi connectivity index (χ2v) is 11.6. The third-order valence-corrected chi connectivity index (χ3v) is 9.66. The predicted molar refractivity (Wildman–Crippen MR) is 130 cm³/mol. The van der Waals surface area contributed by atoms with E-state index in [1.54, 1.807) is 17.0 Å². The molecule has 0 bridgehead atoms. The van der Waals surface area contributed by atoms with Crippen LogP contribution in [0.25, 0.3) is 0 Å². The fraction of sp³-hybridized carbons (Fsp3) is 0.667. The Hall–Kier alpha value is -2.17. The molecule has 4 heterocycles. The van der Waals surface area contributed by atoms with Crippen LogP contribution in [0, 0.1) is 0 Å². The van der Waals surface area contributed by atoms with Gasteiger partial charge in [0, 0.05) is 45.8 Å². The van der Waals surface area contributed by atoms with Crippen LogP contribution in [0.3, 0.4) is 0 Å². The molecule has 2 amide bonds. The molecule has 186 valence electrons. The Morgan fingerprint density at radius 2 is 1.65 bits per heavy atom. The molecule has 0 radical (unpaired) electrons. The number of rotatable bonds is 5. The van der Waals surface area contributed by atoms with E-state index in [9.17, 15) is 18.0 Å². The Kier molecular flexibility index (Phi) is 6.56. The van der Waals surface area contributed by atoms with Gasteiger partial charge in [0.1, 0.15) is 12.6 Å². The molecule has 34 heavy (non-hydrogen) atoms. The van der Waals surface area contributed by atoms with Gasteiger partial charge in [-0.15, -0.1) is 0 Å². The highest BCUT2D eigenvalue weighted by atomic mass is 32.2. The molecule has 0 N–H and O–H groups in total. The van der Waals surface area contributed by atoms with E-state index >= 15 is 0 Å². The number of piperidine rings is 1. The van der Waals surface area contributed by atoms with Crippen LogP contribution in [0.1, 0.15) is 39.0 Å². The van der Waals surface area contributed by atoms with Gasteiger partial charge in [0.15, 0.2) is 0 Å². The van der Waals surface area contributed by atoms with Crippen molar-refractivity contribution >= 4 is 33.2 Å². The van der Waals surface area contributed by atoms with Gasteiger partial charge in [-0.2, -0.15) is 4.31 Å². The first-order valence-electron chi connectivity index (χ1n) is 12.6. The number of hydrogen-bond donors (Lipinski definition) is 0. The van der Waals surface area contributed by atoms with Crippen LogP contribution in [-0.4, -0.2) is 99.3 Å². The fourth-order valence-corrected chi connectivity index (χ4v) is 7.23. The molecule has 0 aliphatic carbocycles. The minimum absolute atomic E-state index is 0.0461. The van der Waals surface area contributed by atoms with Crippen LogP contribution < -0.4 is 9.80 Å². The molecule has 0 saturated carbocycles. The number of anilines is 2. The van der Waals surface area contributed by atoms with Crippen molar-refractivity contribution in [1.82, 2.24) is 14.1 Å². The van der Waals surface area contributed by atoms with Crippen molar-refractivity contribution < 1.29 is 18.0 Å². The molecule has 0 unspecified atom stereocenters. The van der Waals surface area contributed by atoms with Crippen molar-refractivity contribution in [3.63, 3.8) is 0 Å². The van der Waals surface area contributed by atoms with Crippen molar-refractivity contribution in [1.29, 1.82) is 0 Å². The lowest BCUT2D eigenvalue weighted by molar-refractivity contribution is -0.133. The summed E-state index contributed by atoms with van der Waals surface area (Å²) in [6.07, 6.45) is 4.46. The van der Waals surface area contributed by atoms with E-state index in [1.165, 1.54) is 4.31 Å². The number of sulfonamides is 1. The van der Waals surface area contributed by atoms with Crippen LogP contribution >= 0.6 is 0 Å². The van der Waals surface area contributed by atoms with Crippen LogP contribution in [-0.2, 0) is 19.6 Å². The Balaban J connectivity index is 1.46. The van der Waals surface area contributed by atoms with E-state index in [-0.39, 0.29) is 29.3 Å². The van der Waals surface area contributed by atoms with Gasteiger partial charge in [-0.25, -0.2) is 8.42 Å². The van der Waals surface area contributed by atoms with Crippen LogP contribution in [0.4, 0.5) is 11.4 Å². The molecular formula is C24H35N5O4S. The van der Waals surface area contributed by atoms with E-state index in [2.05, 4.69) is 16.7 Å². The van der Waals surface area contributed by atoms with Crippen LogP contribution in [0.2, 0.25) is 0 Å². The van der Waals surface area contributed by atoms with Gasteiger partial charge in [-0.3, -0.25) is 14.5 Å². The summed E-state index contributed by atoms with van der Waals surface area (Å²) >= 11 is 0. The molecule has 10 heteroatoms. The molecule has 1 aromatic carbocycles. The number of fused-ring (bicyclic) bond motifs is 3. The number of carbonyl (C=O) groups is 2. The monoisotopic (exact) mass is 489 g/mol. The molecule has 1 atom stereocenters. The van der Waals surface area contributed by atoms with E-state index in [1.807, 2.05) is 11.0 Å². The van der Waals surface area contributed by atoms with E-state index in [0.717, 1.165) is 64.0 Å². The normalized spacial score (nSPS) is 24.3. The first kappa shape index (κ1) is 23.6. The molecule has 4 aliphatic heterocycles. The molecule has 0 spiro atoms. The van der Waals surface area contributed by atoms with Gasteiger partial charge in [0.25, 0.3) is 0 Å². The lowest BCUT2D eigenvalue weighted by Crippen LogP contribution is -2.58. The second kappa shape index (κ2) is 9.47. The van der Waals surface area contributed by atoms with Gasteiger partial charge in [-0.05, 0) is 56.8 Å². The summed E-state index contributed by atoms with van der Waals surface area (Å²) in [5.74, 6) is -0.171. The number of hydrogen-bond acceptors (Lipinski definition) is 6. The largest absolute Gasteiger partial charge is 0.358 e. The smallest absolute Gasteiger partial charge is 0.250 e. The van der Waals surface area contributed by atoms with Crippen LogP contribution in [0.5, 0.6) is 0 Å². The highest BCUT2D eigenvalue weighted by Gasteiger charge is 2.41. The molecule has 0 aromatic heterocycles. The zero-order valence-corrected chi connectivity index (χ0v) is 20.8. The van der Waals surface area contributed by atoms with E-state index < -0.39 is 10.0 Å². The maximum absolute atomic E-state index is 13.6. The standard InChI is InChI=1S/C24H35N5O4S/c1-2-25-13-15-26(16-14-25)23(30)18-29-22-17-19(34(32,33)27-10-5-6-11-27)8-9-20(22)28-12-4-3-7-21(28)24(29)31/h8-9,17,21H,2-7,10-16,18H2,1H3/t21-/m1/s1. The molecule has 3 saturated heterocycles. The summed E-state index contributed by atoms with van der Waals surface area (Å²) in [4.78, 5) is 34.8. The van der Waals surface area contributed by atoms with Gasteiger partial charge in [-0.1, -0.05) is 6.92 Å². The topological polar surface area (TPSA) is 84.5 Å². The third kappa shape index (κ3) is 4.20. The highest BCUT2D eigenvalue weighted by Crippen LogP contribution is 2.41. The minimum atomic E-state index is -3.62. The van der Waals surface area contributed by atoms with E-state index in [0.29, 0.717) is 31.9 Å². The van der Waals surface area contributed by atoms with Gasteiger partial charge < -0.3 is 14.7 Å². The first-order valence-corrected chi connectivity index (χ1v) is 14.1. The summed E-state index contributed by atoms with van der Waals surface area (Å²) in [6, 6.07) is 4.83. The number of carbonyl (C=O) groups excluding carboxylic acids is 2. The maximum atomic E-state index is 13.6. The van der Waals surface area contributed by atoms with Gasteiger partial charge in [0.05, 0.1) is 16.3 Å². The molecule has 9 nitrogen and oxygen atoms in total. The molecular weight excluding hydrogens is 454 g/mol. The number of piperazine rings is 1. The second-order valence-electron chi connectivity index (χ2n) is 9.71. The SMILES string of the molecule is CCN1CCN(C(=O)CN2C(=O)[C@H]3CCCCN3c3ccc(S(=O)(=O)N4CCCC4)cc32)CC1. The Bertz CT molecular complexity index is 1050. The van der Waals surface area contributed by atoms with Gasteiger partial charge in [0.2, 0.25) is 21.8 Å². The molecule has 1 aromatic rings. The maximum Gasteiger partial charge on any atom is 0.250 e. The number of nitrogens with zero attached hydrogens (tertiary/aromatic N) is 5. The van der Waals surface area contributed by atoms with Crippen LogP contribution in [0.15, 0.2) is 23.1 Å². The average Bonchev–Trinajstić information content (AvgIpc) is 3.42. The van der Waals surface area contributed by atoms with Gasteiger partial charge >= 0.3 is 0 Å². The molecule has 4 aliphatic rings. The Labute approximate surface area is 202 Å². The van der Waals surface area contributed by atoms with E-state index in [4.69, 9.17) is 0 Å². The first-order chi connectivity index (χ1) is 16.4. The van der Waals surface area contributed by atoms with Crippen molar-refractivity contribution in [3.05, 3.63) is 18.2 Å². The zero-order valence-electron chi connectivity index (χ0n) is 20.0. The van der Waals surface area contributed by atoms with Crippen molar-refractivity contribution in [3.8, 4) is 0 Å². The summed E-state index contributed by atoms with van der Waals surface area (Å²) in [6.45, 7) is 7.83. The fourth-order valence-electron chi connectivity index (χ4n) is 5.69. The highest BCUT2D eigenvalue weighted by molar-refractivity contribution is 7.89. The lowest BCUT2D eigenvalue weighted by atomic mass is 9.96. The molecule has 5 rings (SSSR count). The number of amides is 2.